The molecule has 55 heavy (non-hydrogen) atoms. The minimum Gasteiger partial charge on any atom is -0.504 e. The number of carbonyl (C=O) groups is 1. The van der Waals surface area contributed by atoms with Crippen LogP contribution in [-0.4, -0.2) is 52.6 Å². The predicted octanol–water partition coefficient (Wildman–Crippen LogP) is 9.28. The zero-order valence-corrected chi connectivity index (χ0v) is 32.1. The third kappa shape index (κ3) is 9.99. The molecular formula is C47H53N2O6+. The summed E-state index contributed by atoms with van der Waals surface area (Å²) in [7, 11) is 3.08. The van der Waals surface area contributed by atoms with Crippen molar-refractivity contribution in [1.29, 1.82) is 0 Å². The number of nitrogens with one attached hydrogen (secondary N) is 1. The number of hydrogen-bond donors (Lipinski definition) is 4. The van der Waals surface area contributed by atoms with Gasteiger partial charge in [0.2, 0.25) is 0 Å². The zero-order valence-electron chi connectivity index (χ0n) is 32.1. The number of Topliss-reactive ketones (excluding diaryl/α,β-unsaturated/α-hetero) is 1. The number of aliphatic hydroxyl groups excluding tert-OH is 1. The van der Waals surface area contributed by atoms with Crippen LogP contribution in [0, 0.1) is 17.9 Å². The normalized spacial score (nSPS) is 14.2. The highest BCUT2D eigenvalue weighted by molar-refractivity contribution is 5.87. The van der Waals surface area contributed by atoms with Crippen molar-refractivity contribution in [1.82, 2.24) is 4.98 Å². The molecule has 1 aromatic heterocycles. The second kappa shape index (κ2) is 18.7. The van der Waals surface area contributed by atoms with Gasteiger partial charge < -0.3 is 29.8 Å². The first-order chi connectivity index (χ1) is 26.8. The number of ether oxygens (including phenoxy) is 2. The van der Waals surface area contributed by atoms with Crippen LogP contribution in [0.4, 0.5) is 0 Å². The molecule has 8 heteroatoms. The molecule has 0 bridgehead atoms. The van der Waals surface area contributed by atoms with Gasteiger partial charge in [-0.3, -0.25) is 4.79 Å². The number of allylic oxidation sites excluding steroid dienone is 1. The molecule has 286 valence electrons. The Kier molecular flexibility index (Phi) is 13.4. The van der Waals surface area contributed by atoms with E-state index in [1.165, 1.54) is 7.11 Å². The van der Waals surface area contributed by atoms with Crippen LogP contribution in [-0.2, 0) is 30.5 Å². The van der Waals surface area contributed by atoms with Crippen molar-refractivity contribution in [2.24, 2.45) is 16.8 Å². The van der Waals surface area contributed by atoms with Gasteiger partial charge in [-0.25, -0.2) is 0 Å². The van der Waals surface area contributed by atoms with E-state index in [1.54, 1.807) is 25.3 Å². The number of aromatic hydroxyl groups is 2. The van der Waals surface area contributed by atoms with Crippen LogP contribution in [0.15, 0.2) is 108 Å². The molecule has 4 N–H and O–H groups in total. The highest BCUT2D eigenvalue weighted by atomic mass is 16.5. The molecule has 0 spiro atoms. The van der Waals surface area contributed by atoms with Crippen LogP contribution in [0.2, 0.25) is 0 Å². The highest BCUT2D eigenvalue weighted by Crippen LogP contribution is 2.38. The molecule has 2 heterocycles. The van der Waals surface area contributed by atoms with Crippen LogP contribution in [0.25, 0.3) is 10.8 Å². The number of carbonyl (C=O) groups excluding carboxylic acids is 1. The van der Waals surface area contributed by atoms with E-state index in [0.717, 1.165) is 75.9 Å². The number of methoxy groups -OCH3 is 2. The number of unbranched alkanes of at least 4 members (excludes halogenated alkanes) is 2. The van der Waals surface area contributed by atoms with E-state index in [4.69, 9.17) is 9.47 Å². The molecule has 1 aliphatic rings. The maximum absolute atomic E-state index is 14.4. The molecule has 0 saturated heterocycles. The van der Waals surface area contributed by atoms with Crippen LogP contribution in [0.3, 0.4) is 0 Å². The van der Waals surface area contributed by atoms with Gasteiger partial charge in [-0.2, -0.15) is 0 Å². The number of ketones is 1. The summed E-state index contributed by atoms with van der Waals surface area (Å²) in [5.41, 5.74) is 5.80. The number of rotatable bonds is 20. The maximum atomic E-state index is 14.4. The Labute approximate surface area is 324 Å². The van der Waals surface area contributed by atoms with E-state index in [-0.39, 0.29) is 29.6 Å². The number of aliphatic imine (C=N–C) groups is 1. The van der Waals surface area contributed by atoms with E-state index in [2.05, 4.69) is 47.2 Å². The smallest absolute Gasteiger partial charge is 0.176 e. The Morgan fingerprint density at radius 1 is 0.855 bits per heavy atom. The lowest BCUT2D eigenvalue weighted by molar-refractivity contribution is -0.125. The van der Waals surface area contributed by atoms with E-state index in [1.807, 2.05) is 55.0 Å². The summed E-state index contributed by atoms with van der Waals surface area (Å²) >= 11 is 0. The topological polar surface area (TPSA) is 124 Å². The summed E-state index contributed by atoms with van der Waals surface area (Å²) in [5, 5.41) is 35.5. The maximum Gasteiger partial charge on any atom is 0.176 e. The van der Waals surface area contributed by atoms with E-state index >= 15 is 0 Å². The molecular weight excluding hydrogens is 689 g/mol. The molecule has 8 nitrogen and oxygen atoms in total. The standard InChI is InChI=1S/C47H52N2O6/c1-4-5-6-13-39-24-33(30-49-39)23-37(21-31-15-17-42(50)46(25-31)54-2)44(52)28-45(53)38(22-32-19-20-48-29-32)26-36-16-18-43(51)47(55-3)41(36)27-35-12-9-11-34-10-7-8-14-40(34)35/h7-12,14-20,24-25,29-30,37-38,45,48,53H,4-6,13,21-23,26-28H2,1-3H3,(H-,50,51)/p+1. The second-order valence-corrected chi connectivity index (χ2v) is 14.7. The number of benzene rings is 4. The monoisotopic (exact) mass is 741 g/mol. The Hall–Kier alpha value is -5.47. The lowest BCUT2D eigenvalue weighted by Crippen LogP contribution is -2.31. The minimum absolute atomic E-state index is 0.0274. The van der Waals surface area contributed by atoms with Crippen molar-refractivity contribution < 1.29 is 29.6 Å². The number of phenols is 2. The Balaban J connectivity index is 1.28. The number of phenolic OH excluding ortho intramolecular Hbond substituents is 2. The SMILES string of the molecule is CCCCC[C+]1C=C(CC(Cc2ccc(O)c(OC)c2)C(=O)CC(O)C(Cc2cc[nH]c2)Cc2ccc(O)c(OC)c2Cc2cccc3ccccc23)C=N1. The van der Waals surface area contributed by atoms with Crippen molar-refractivity contribution >= 4 is 22.8 Å². The summed E-state index contributed by atoms with van der Waals surface area (Å²) in [6.07, 6.45) is 13.5. The third-order valence-electron chi connectivity index (χ3n) is 10.8. The number of hydrogen-bond acceptors (Lipinski definition) is 7. The minimum atomic E-state index is -0.952. The van der Waals surface area contributed by atoms with Gasteiger partial charge in [0.1, 0.15) is 17.4 Å². The van der Waals surface area contributed by atoms with Crippen molar-refractivity contribution in [3.05, 3.63) is 137 Å². The zero-order chi connectivity index (χ0) is 38.7. The molecule has 6 rings (SSSR count). The number of fused-ring (bicyclic) bond motifs is 1. The predicted molar refractivity (Wildman–Crippen MR) is 219 cm³/mol. The first-order valence-electron chi connectivity index (χ1n) is 19.4. The van der Waals surface area contributed by atoms with E-state index < -0.39 is 12.0 Å². The van der Waals surface area contributed by atoms with Gasteiger partial charge in [-0.15, -0.1) is 4.99 Å². The van der Waals surface area contributed by atoms with Crippen LogP contribution in [0.5, 0.6) is 23.0 Å². The first-order valence-corrected chi connectivity index (χ1v) is 19.4. The lowest BCUT2D eigenvalue weighted by atomic mass is 9.81. The van der Waals surface area contributed by atoms with Crippen molar-refractivity contribution in [3.63, 3.8) is 0 Å². The van der Waals surface area contributed by atoms with Crippen molar-refractivity contribution in [2.45, 2.75) is 77.2 Å². The molecule has 5 aromatic rings. The summed E-state index contributed by atoms with van der Waals surface area (Å²) in [6, 6.07) is 26.3. The van der Waals surface area contributed by atoms with Gasteiger partial charge in [0.15, 0.2) is 29.2 Å². The van der Waals surface area contributed by atoms with Gasteiger partial charge in [0.05, 0.1) is 26.4 Å². The van der Waals surface area contributed by atoms with Crippen molar-refractivity contribution in [2.75, 3.05) is 14.2 Å². The number of H-pyrrole nitrogens is 1. The molecule has 3 atom stereocenters. The highest BCUT2D eigenvalue weighted by Gasteiger charge is 2.32. The number of aromatic amines is 1. The number of nitrogens with zero attached hydrogens (tertiary/aromatic N) is 1. The van der Waals surface area contributed by atoms with Crippen LogP contribution >= 0.6 is 0 Å². The fourth-order valence-electron chi connectivity index (χ4n) is 7.84. The fourth-order valence-corrected chi connectivity index (χ4v) is 7.84. The van der Waals surface area contributed by atoms with Crippen LogP contribution < -0.4 is 9.47 Å². The lowest BCUT2D eigenvalue weighted by Gasteiger charge is -2.26. The molecule has 0 saturated carbocycles. The van der Waals surface area contributed by atoms with E-state index in [0.29, 0.717) is 43.6 Å². The number of aromatic nitrogens is 1. The second-order valence-electron chi connectivity index (χ2n) is 14.7. The molecule has 0 amide bonds. The molecule has 1 aliphatic heterocycles. The van der Waals surface area contributed by atoms with Gasteiger partial charge in [0, 0.05) is 49.6 Å². The molecule has 4 aromatic carbocycles. The van der Waals surface area contributed by atoms with Gasteiger partial charge in [0.25, 0.3) is 0 Å². The van der Waals surface area contributed by atoms with Crippen molar-refractivity contribution in [3.8, 4) is 23.0 Å². The fraction of sp³-hybridized carbons (Fsp3) is 0.340. The summed E-state index contributed by atoms with van der Waals surface area (Å²) in [5.74, 6) is 0.0842. The van der Waals surface area contributed by atoms with Gasteiger partial charge in [-0.1, -0.05) is 74.4 Å². The molecule has 0 radical (unpaired) electrons. The average Bonchev–Trinajstić information content (AvgIpc) is 3.88. The average molecular weight is 742 g/mol. The number of aliphatic hydroxyl groups is 1. The largest absolute Gasteiger partial charge is 0.504 e. The Morgan fingerprint density at radius 3 is 2.45 bits per heavy atom. The third-order valence-corrected chi connectivity index (χ3v) is 10.8. The summed E-state index contributed by atoms with van der Waals surface area (Å²) < 4.78 is 11.2. The van der Waals surface area contributed by atoms with Gasteiger partial charge >= 0.3 is 0 Å². The van der Waals surface area contributed by atoms with Crippen LogP contribution in [0.1, 0.15) is 73.3 Å². The molecule has 3 unspecified atom stereocenters. The summed E-state index contributed by atoms with van der Waals surface area (Å²) in [6.45, 7) is 2.18. The van der Waals surface area contributed by atoms with E-state index in [9.17, 15) is 20.1 Å². The summed E-state index contributed by atoms with van der Waals surface area (Å²) in [4.78, 5) is 22.2. The molecule has 0 aliphatic carbocycles. The quantitative estimate of drug-likeness (QED) is 0.0466. The first kappa shape index (κ1) is 39.2. The molecule has 0 fully saturated rings. The Bertz CT molecular complexity index is 2100. The van der Waals surface area contributed by atoms with Gasteiger partial charge in [-0.05, 0) is 88.9 Å². The Morgan fingerprint density at radius 2 is 1.67 bits per heavy atom.